The third-order valence-electron chi connectivity index (χ3n) is 6.17. The van der Waals surface area contributed by atoms with Crippen molar-refractivity contribution in [1.29, 1.82) is 0 Å². The monoisotopic (exact) mass is 455 g/mol. The number of ether oxygens (including phenoxy) is 3. The molecule has 11 heteroatoms. The minimum Gasteiger partial charge on any atom is -0.455 e. The predicted molar refractivity (Wildman–Crippen MR) is 104 cm³/mol. The molecule has 2 aliphatic heterocycles. The van der Waals surface area contributed by atoms with E-state index in [4.69, 9.17) is 18.6 Å². The van der Waals surface area contributed by atoms with Gasteiger partial charge in [0, 0.05) is 43.8 Å². The Hall–Kier alpha value is -2.37. The van der Waals surface area contributed by atoms with Gasteiger partial charge in [0.1, 0.15) is 24.2 Å². The first kappa shape index (κ1) is 21.5. The van der Waals surface area contributed by atoms with E-state index in [1.54, 1.807) is 4.68 Å². The van der Waals surface area contributed by atoms with Crippen LogP contribution in [0.4, 0.5) is 13.2 Å². The van der Waals surface area contributed by atoms with Crippen LogP contribution in [0, 0.1) is 5.92 Å². The Bertz CT molecular complexity index is 1000. The van der Waals surface area contributed by atoms with Crippen molar-refractivity contribution in [2.75, 3.05) is 33.2 Å². The summed E-state index contributed by atoms with van der Waals surface area (Å²) >= 11 is 0. The Kier molecular flexibility index (Phi) is 5.50. The highest BCUT2D eigenvalue weighted by atomic mass is 19.4. The molecule has 0 bridgehead atoms. The van der Waals surface area contributed by atoms with Crippen molar-refractivity contribution in [3.8, 4) is 11.3 Å². The fourth-order valence-corrected chi connectivity index (χ4v) is 4.54. The molecule has 1 aliphatic carbocycles. The molecule has 1 amide bonds. The highest BCUT2D eigenvalue weighted by molar-refractivity contribution is 5.96. The van der Waals surface area contributed by atoms with Crippen molar-refractivity contribution >= 4 is 5.91 Å². The molecule has 2 saturated heterocycles. The summed E-state index contributed by atoms with van der Waals surface area (Å²) in [6, 6.07) is 0. The van der Waals surface area contributed by atoms with Crippen molar-refractivity contribution in [3.63, 3.8) is 0 Å². The van der Waals surface area contributed by atoms with Crippen LogP contribution < -0.4 is 5.32 Å². The molecular formula is C21H24F3N3O5. The molecule has 8 nitrogen and oxygen atoms in total. The van der Waals surface area contributed by atoms with Crippen molar-refractivity contribution in [2.24, 2.45) is 5.92 Å². The maximum atomic E-state index is 14.2. The number of hydrogen-bond donors (Lipinski definition) is 1. The molecule has 3 aliphatic rings. The van der Waals surface area contributed by atoms with E-state index in [0.29, 0.717) is 19.8 Å². The van der Waals surface area contributed by atoms with Gasteiger partial charge in [-0.2, -0.15) is 18.3 Å². The van der Waals surface area contributed by atoms with E-state index in [0.717, 1.165) is 12.0 Å². The Morgan fingerprint density at radius 2 is 2.16 bits per heavy atom. The third-order valence-corrected chi connectivity index (χ3v) is 6.17. The largest absolute Gasteiger partial charge is 0.455 e. The van der Waals surface area contributed by atoms with Crippen molar-refractivity contribution in [1.82, 2.24) is 15.1 Å². The molecule has 4 heterocycles. The topological polar surface area (TPSA) is 87.8 Å². The third kappa shape index (κ3) is 3.93. The number of nitrogens with one attached hydrogen (secondary N) is 1. The molecule has 5 rings (SSSR count). The highest BCUT2D eigenvalue weighted by Gasteiger charge is 2.46. The zero-order valence-electron chi connectivity index (χ0n) is 17.5. The van der Waals surface area contributed by atoms with Gasteiger partial charge in [0.2, 0.25) is 5.76 Å². The lowest BCUT2D eigenvalue weighted by molar-refractivity contribution is -0.137. The van der Waals surface area contributed by atoms with Gasteiger partial charge in [-0.3, -0.25) is 9.48 Å². The van der Waals surface area contributed by atoms with E-state index in [9.17, 15) is 18.0 Å². The summed E-state index contributed by atoms with van der Waals surface area (Å²) in [5.41, 5.74) is -0.236. The lowest BCUT2D eigenvalue weighted by Crippen LogP contribution is -2.34. The Balaban J connectivity index is 1.49. The SMILES string of the molecule is C[C@@H]1Cc2oc(C(=O)NC[C@@H]3COCO3)c(C(F)(F)F)c2-c2nn(CC3CCOC3)cc21. The van der Waals surface area contributed by atoms with Crippen LogP contribution in [0.3, 0.4) is 0 Å². The van der Waals surface area contributed by atoms with Crippen LogP contribution in [0.5, 0.6) is 0 Å². The highest BCUT2D eigenvalue weighted by Crippen LogP contribution is 2.48. The first-order valence-corrected chi connectivity index (χ1v) is 10.7. The maximum Gasteiger partial charge on any atom is 0.420 e. The lowest BCUT2D eigenvalue weighted by Gasteiger charge is -2.17. The quantitative estimate of drug-likeness (QED) is 0.746. The van der Waals surface area contributed by atoms with Gasteiger partial charge in [-0.1, -0.05) is 6.92 Å². The number of rotatable bonds is 5. The number of halogens is 3. The van der Waals surface area contributed by atoms with Crippen molar-refractivity contribution < 1.29 is 36.6 Å². The van der Waals surface area contributed by atoms with E-state index >= 15 is 0 Å². The summed E-state index contributed by atoms with van der Waals surface area (Å²) in [5, 5.41) is 6.97. The first-order valence-electron chi connectivity index (χ1n) is 10.7. The van der Waals surface area contributed by atoms with Gasteiger partial charge < -0.3 is 23.9 Å². The van der Waals surface area contributed by atoms with Crippen LogP contribution in [0.1, 0.15) is 46.7 Å². The predicted octanol–water partition coefficient (Wildman–Crippen LogP) is 2.96. The summed E-state index contributed by atoms with van der Waals surface area (Å²) in [7, 11) is 0. The van der Waals surface area contributed by atoms with E-state index in [1.165, 1.54) is 0 Å². The summed E-state index contributed by atoms with van der Waals surface area (Å²) < 4.78 is 65.4. The van der Waals surface area contributed by atoms with Gasteiger partial charge in [-0.05, 0) is 12.3 Å². The molecule has 1 unspecified atom stereocenters. The Morgan fingerprint density at radius 3 is 2.84 bits per heavy atom. The molecule has 2 aromatic rings. The average Bonchev–Trinajstić information content (AvgIpc) is 3.51. The molecule has 0 radical (unpaired) electrons. The number of fused-ring (bicyclic) bond motifs is 3. The molecule has 174 valence electrons. The van der Waals surface area contributed by atoms with Crippen LogP contribution >= 0.6 is 0 Å². The second-order valence-corrected chi connectivity index (χ2v) is 8.58. The number of nitrogens with zero attached hydrogens (tertiary/aromatic N) is 2. The van der Waals surface area contributed by atoms with Gasteiger partial charge >= 0.3 is 6.18 Å². The molecule has 3 atom stereocenters. The second kappa shape index (κ2) is 8.20. The van der Waals surface area contributed by atoms with Crippen molar-refractivity contribution in [2.45, 2.75) is 44.5 Å². The Morgan fingerprint density at radius 1 is 1.31 bits per heavy atom. The molecule has 1 N–H and O–H groups in total. The number of amides is 1. The van der Waals surface area contributed by atoms with Gasteiger partial charge in [-0.25, -0.2) is 0 Å². The fraction of sp³-hybridized carbons (Fsp3) is 0.619. The Labute approximate surface area is 182 Å². The number of carbonyl (C=O) groups is 1. The van der Waals surface area contributed by atoms with E-state index in [1.807, 2.05) is 13.1 Å². The van der Waals surface area contributed by atoms with Gasteiger partial charge in [0.05, 0.1) is 24.5 Å². The fourth-order valence-electron chi connectivity index (χ4n) is 4.54. The molecule has 0 saturated carbocycles. The van der Waals surface area contributed by atoms with E-state index in [-0.39, 0.29) is 55.2 Å². The van der Waals surface area contributed by atoms with Crippen LogP contribution in [0.2, 0.25) is 0 Å². The summed E-state index contributed by atoms with van der Waals surface area (Å²) in [4.78, 5) is 12.7. The molecule has 32 heavy (non-hydrogen) atoms. The zero-order chi connectivity index (χ0) is 22.5. The normalized spacial score (nSPS) is 25.1. The van der Waals surface area contributed by atoms with E-state index < -0.39 is 29.5 Å². The summed E-state index contributed by atoms with van der Waals surface area (Å²) in [5.74, 6) is -1.34. The molecule has 2 aromatic heterocycles. The number of furan rings is 1. The second-order valence-electron chi connectivity index (χ2n) is 8.58. The van der Waals surface area contributed by atoms with Gasteiger partial charge in [-0.15, -0.1) is 0 Å². The maximum absolute atomic E-state index is 14.2. The zero-order valence-corrected chi connectivity index (χ0v) is 17.5. The van der Waals surface area contributed by atoms with Crippen LogP contribution in [0.15, 0.2) is 10.6 Å². The van der Waals surface area contributed by atoms with Crippen LogP contribution in [0.25, 0.3) is 11.3 Å². The number of hydrogen-bond acceptors (Lipinski definition) is 6. The lowest BCUT2D eigenvalue weighted by atomic mass is 9.86. The minimum absolute atomic E-state index is 0.0290. The number of aromatic nitrogens is 2. The van der Waals surface area contributed by atoms with Gasteiger partial charge in [0.25, 0.3) is 5.91 Å². The molecule has 0 aromatic carbocycles. The van der Waals surface area contributed by atoms with Crippen LogP contribution in [-0.2, 0) is 33.4 Å². The summed E-state index contributed by atoms with van der Waals surface area (Å²) in [6.45, 7) is 4.18. The average molecular weight is 455 g/mol. The standard InChI is InChI=1S/C21H24F3N3O5/c1-11-4-15-16(18-14(11)7-27(26-18)6-12-2-3-29-8-12)17(21(22,23)24)19(32-15)20(28)25-5-13-9-30-10-31-13/h7,11-13H,2-6,8-10H2,1H3,(H,25,28)/t11-,12?,13-/m1/s1. The molecule has 2 fully saturated rings. The van der Waals surface area contributed by atoms with Crippen molar-refractivity contribution in [3.05, 3.63) is 28.8 Å². The number of alkyl halides is 3. The molecule has 0 spiro atoms. The minimum atomic E-state index is -4.78. The number of carbonyl (C=O) groups excluding carboxylic acids is 1. The van der Waals surface area contributed by atoms with Crippen LogP contribution in [-0.4, -0.2) is 54.9 Å². The van der Waals surface area contributed by atoms with E-state index in [2.05, 4.69) is 10.4 Å². The summed E-state index contributed by atoms with van der Waals surface area (Å²) in [6.07, 6.45) is -2.22. The molecular weight excluding hydrogens is 431 g/mol. The first-order chi connectivity index (χ1) is 15.3. The van der Waals surface area contributed by atoms with Gasteiger partial charge in [0.15, 0.2) is 0 Å². The smallest absolute Gasteiger partial charge is 0.420 e.